The Balaban J connectivity index is 0.938. The van der Waals surface area contributed by atoms with Gasteiger partial charge in [-0.15, -0.1) is 0 Å². The van der Waals surface area contributed by atoms with Gasteiger partial charge in [0.05, 0.1) is 42.9 Å². The van der Waals surface area contributed by atoms with E-state index in [0.717, 1.165) is 27.0 Å². The van der Waals surface area contributed by atoms with Gasteiger partial charge in [0.25, 0.3) is 17.4 Å². The number of ether oxygens (including phenoxy) is 3. The van der Waals surface area contributed by atoms with E-state index < -0.39 is 29.7 Å². The van der Waals surface area contributed by atoms with E-state index in [1.807, 2.05) is 23.1 Å². The first-order chi connectivity index (χ1) is 26.1. The molecule has 2 aromatic carbocycles. The second kappa shape index (κ2) is 15.1. The fourth-order valence-corrected chi connectivity index (χ4v) is 7.38. The first-order valence-electron chi connectivity index (χ1n) is 17.8. The number of nitrogens with zero attached hydrogens (tertiary/aromatic N) is 5. The van der Waals surface area contributed by atoms with Crippen LogP contribution in [-0.2, 0) is 28.0 Å². The molecule has 5 amide bonds. The Morgan fingerprint density at radius 3 is 2.35 bits per heavy atom. The summed E-state index contributed by atoms with van der Waals surface area (Å²) < 4.78 is 19.2. The maximum atomic E-state index is 13.3. The monoisotopic (exact) mass is 736 g/mol. The summed E-state index contributed by atoms with van der Waals surface area (Å²) in [7, 11) is 4.94. The van der Waals surface area contributed by atoms with Crippen molar-refractivity contribution < 1.29 is 38.2 Å². The average molecular weight is 737 g/mol. The fraction of sp³-hybridized carbons (Fsp3) is 0.359. The SMILES string of the molecule is COc1cc(-c2cn(C)c(=O)c3cnccc23)cc(OC)c1CN1CCN(C(=O)CCCOc2cccc3c2C(=O)N(C2CCC(=O)NC2=O)C3=O)CC1. The van der Waals surface area contributed by atoms with Gasteiger partial charge in [-0.2, -0.15) is 0 Å². The average Bonchev–Trinajstić information content (AvgIpc) is 3.44. The van der Waals surface area contributed by atoms with E-state index in [9.17, 15) is 28.8 Å². The standard InChI is InChI=1S/C39H40N6O9/c1-42-21-27(24-11-12-40-20-26(24)37(42)49)23-18-31(52-2)28(32(19-23)53-3)22-43-13-15-44(16-14-43)34(47)8-5-17-54-30-7-4-6-25-35(30)39(51)45(38(25)50)29-9-10-33(46)41-36(29)48/h4,6-7,11-12,18-21,29H,5,8-10,13-17,22H2,1-3H3,(H,41,46,48). The number of nitrogens with one attached hydrogen (secondary N) is 1. The van der Waals surface area contributed by atoms with E-state index in [0.29, 0.717) is 56.0 Å². The number of fused-ring (bicyclic) bond motifs is 2. The predicted octanol–water partition coefficient (Wildman–Crippen LogP) is 2.52. The van der Waals surface area contributed by atoms with Crippen LogP contribution >= 0.6 is 0 Å². The highest BCUT2D eigenvalue weighted by Crippen LogP contribution is 2.38. The third-order valence-corrected chi connectivity index (χ3v) is 10.2. The Bertz CT molecular complexity index is 2220. The highest BCUT2D eigenvalue weighted by atomic mass is 16.5. The van der Waals surface area contributed by atoms with Crippen LogP contribution in [0.25, 0.3) is 21.9 Å². The van der Waals surface area contributed by atoms with E-state index >= 15 is 0 Å². The van der Waals surface area contributed by atoms with Crippen molar-refractivity contribution in [2.75, 3.05) is 47.0 Å². The summed E-state index contributed by atoms with van der Waals surface area (Å²) >= 11 is 0. The Hall–Kier alpha value is -6.09. The second-order valence-corrected chi connectivity index (χ2v) is 13.5. The van der Waals surface area contributed by atoms with Crippen molar-refractivity contribution in [3.8, 4) is 28.4 Å². The highest BCUT2D eigenvalue weighted by molar-refractivity contribution is 6.24. The summed E-state index contributed by atoms with van der Waals surface area (Å²) in [6.07, 6.45) is 5.77. The Labute approximate surface area is 310 Å². The molecule has 280 valence electrons. The summed E-state index contributed by atoms with van der Waals surface area (Å²) in [5.41, 5.74) is 2.65. The van der Waals surface area contributed by atoms with Crippen molar-refractivity contribution in [3.05, 3.63) is 82.0 Å². The molecule has 3 aliphatic rings. The molecule has 15 nitrogen and oxygen atoms in total. The number of rotatable bonds is 11. The van der Waals surface area contributed by atoms with E-state index in [1.165, 1.54) is 6.07 Å². The molecule has 7 rings (SSSR count). The molecule has 0 bridgehead atoms. The van der Waals surface area contributed by atoms with Crippen molar-refractivity contribution in [1.82, 2.24) is 29.6 Å². The van der Waals surface area contributed by atoms with Crippen molar-refractivity contribution in [1.29, 1.82) is 0 Å². The molecule has 3 aliphatic heterocycles. The van der Waals surface area contributed by atoms with Crippen molar-refractivity contribution >= 4 is 40.3 Å². The van der Waals surface area contributed by atoms with Crippen LogP contribution in [0.5, 0.6) is 17.2 Å². The zero-order valence-corrected chi connectivity index (χ0v) is 30.3. The van der Waals surface area contributed by atoms with Crippen LogP contribution in [0.1, 0.15) is 52.0 Å². The molecule has 54 heavy (non-hydrogen) atoms. The van der Waals surface area contributed by atoms with Crippen LogP contribution in [0.15, 0.2) is 59.8 Å². The lowest BCUT2D eigenvalue weighted by atomic mass is 9.99. The van der Waals surface area contributed by atoms with Crippen LogP contribution in [0.2, 0.25) is 0 Å². The first kappa shape index (κ1) is 36.3. The summed E-state index contributed by atoms with van der Waals surface area (Å²) in [5, 5.41) is 3.50. The Morgan fingerprint density at radius 1 is 0.907 bits per heavy atom. The molecule has 0 radical (unpaired) electrons. The lowest BCUT2D eigenvalue weighted by Gasteiger charge is -2.35. The maximum Gasteiger partial charge on any atom is 0.266 e. The lowest BCUT2D eigenvalue weighted by molar-refractivity contribution is -0.136. The highest BCUT2D eigenvalue weighted by Gasteiger charge is 2.46. The molecule has 0 spiro atoms. The molecule has 15 heteroatoms. The largest absolute Gasteiger partial charge is 0.496 e. The molecule has 2 aromatic heterocycles. The van der Waals surface area contributed by atoms with Gasteiger partial charge in [0.1, 0.15) is 23.3 Å². The van der Waals surface area contributed by atoms with Crippen LogP contribution in [0.4, 0.5) is 0 Å². The van der Waals surface area contributed by atoms with Crippen LogP contribution in [0.3, 0.4) is 0 Å². The quantitative estimate of drug-likeness (QED) is 0.177. The van der Waals surface area contributed by atoms with Gasteiger partial charge in [-0.25, -0.2) is 0 Å². The Kier molecular flexibility index (Phi) is 10.1. The summed E-state index contributed by atoms with van der Waals surface area (Å²) in [4.78, 5) is 85.4. The van der Waals surface area contributed by atoms with Gasteiger partial charge in [0.15, 0.2) is 0 Å². The summed E-state index contributed by atoms with van der Waals surface area (Å²) in [6.45, 7) is 3.06. The number of piperazine rings is 1. The zero-order chi connectivity index (χ0) is 38.1. The van der Waals surface area contributed by atoms with E-state index in [-0.39, 0.29) is 54.2 Å². The van der Waals surface area contributed by atoms with Crippen LogP contribution in [-0.4, -0.2) is 107 Å². The number of carbonyl (C=O) groups is 5. The molecule has 2 saturated heterocycles. The summed E-state index contributed by atoms with van der Waals surface area (Å²) in [6, 6.07) is 9.35. The maximum absolute atomic E-state index is 13.3. The van der Waals surface area contributed by atoms with Crippen molar-refractivity contribution in [2.45, 2.75) is 38.3 Å². The number of amides is 5. The third-order valence-electron chi connectivity index (χ3n) is 10.2. The van der Waals surface area contributed by atoms with E-state index in [4.69, 9.17) is 14.2 Å². The molecule has 4 aromatic rings. The molecule has 0 aliphatic carbocycles. The molecular formula is C39H40N6O9. The normalized spacial score (nSPS) is 17.5. The van der Waals surface area contributed by atoms with Crippen LogP contribution in [0, 0.1) is 0 Å². The molecule has 0 saturated carbocycles. The minimum atomic E-state index is -1.07. The number of carbonyl (C=O) groups excluding carboxylic acids is 5. The number of hydrogen-bond acceptors (Lipinski definition) is 11. The number of pyridine rings is 2. The zero-order valence-electron chi connectivity index (χ0n) is 30.3. The molecular weight excluding hydrogens is 696 g/mol. The van der Waals surface area contributed by atoms with Crippen molar-refractivity contribution in [3.63, 3.8) is 0 Å². The van der Waals surface area contributed by atoms with Gasteiger partial charge < -0.3 is 23.7 Å². The first-order valence-corrected chi connectivity index (χ1v) is 17.8. The predicted molar refractivity (Wildman–Crippen MR) is 195 cm³/mol. The number of benzene rings is 2. The van der Waals surface area contributed by atoms with E-state index in [1.54, 1.807) is 56.6 Å². The Morgan fingerprint density at radius 2 is 1.65 bits per heavy atom. The number of aromatic nitrogens is 2. The van der Waals surface area contributed by atoms with Gasteiger partial charge in [0.2, 0.25) is 17.7 Å². The number of imide groups is 2. The fourth-order valence-electron chi connectivity index (χ4n) is 7.38. The third kappa shape index (κ3) is 6.77. The van der Waals surface area contributed by atoms with Gasteiger partial charge in [-0.05, 0) is 54.1 Å². The number of methoxy groups -OCH3 is 2. The van der Waals surface area contributed by atoms with Crippen LogP contribution < -0.4 is 25.1 Å². The molecule has 1 atom stereocenters. The number of aryl methyl sites for hydroxylation is 1. The molecule has 1 unspecified atom stereocenters. The number of piperidine rings is 1. The summed E-state index contributed by atoms with van der Waals surface area (Å²) in [5.74, 6) is -0.865. The van der Waals surface area contributed by atoms with Gasteiger partial charge in [-0.1, -0.05) is 6.07 Å². The molecule has 5 heterocycles. The second-order valence-electron chi connectivity index (χ2n) is 13.5. The molecule has 1 N–H and O–H groups in total. The topological polar surface area (TPSA) is 170 Å². The number of hydrogen-bond donors (Lipinski definition) is 1. The molecule has 2 fully saturated rings. The van der Waals surface area contributed by atoms with Gasteiger partial charge in [0, 0.05) is 76.8 Å². The lowest BCUT2D eigenvalue weighted by Crippen LogP contribution is -2.54. The minimum absolute atomic E-state index is 0.00831. The van der Waals surface area contributed by atoms with E-state index in [2.05, 4.69) is 15.2 Å². The van der Waals surface area contributed by atoms with Gasteiger partial charge in [-0.3, -0.25) is 48.9 Å². The van der Waals surface area contributed by atoms with Crippen molar-refractivity contribution in [2.24, 2.45) is 7.05 Å². The minimum Gasteiger partial charge on any atom is -0.496 e. The smallest absolute Gasteiger partial charge is 0.266 e. The van der Waals surface area contributed by atoms with Gasteiger partial charge >= 0.3 is 0 Å².